The van der Waals surface area contributed by atoms with Crippen LogP contribution in [0.1, 0.15) is 12.5 Å². The summed E-state index contributed by atoms with van der Waals surface area (Å²) >= 11 is 6.04. The molecule has 3 aromatic rings. The molecule has 0 aliphatic heterocycles. The summed E-state index contributed by atoms with van der Waals surface area (Å²) in [4.78, 5) is -0.411. The van der Waals surface area contributed by atoms with E-state index >= 15 is 0 Å². The predicted molar refractivity (Wildman–Crippen MR) is 100 cm³/mol. The van der Waals surface area contributed by atoms with Gasteiger partial charge in [-0.2, -0.15) is 8.42 Å². The Morgan fingerprint density at radius 1 is 1.00 bits per heavy atom. The number of benzene rings is 3. The van der Waals surface area contributed by atoms with Gasteiger partial charge in [0.2, 0.25) is 0 Å². The molecule has 0 unspecified atom stereocenters. The van der Waals surface area contributed by atoms with Crippen LogP contribution >= 0.6 is 11.6 Å². The highest BCUT2D eigenvalue weighted by Gasteiger charge is 2.18. The van der Waals surface area contributed by atoms with E-state index in [1.807, 2.05) is 6.92 Å². The molecule has 0 aromatic heterocycles. The minimum atomic E-state index is -4.51. The molecule has 6 nitrogen and oxygen atoms in total. The molecule has 8 heteroatoms. The molecule has 0 spiro atoms. The summed E-state index contributed by atoms with van der Waals surface area (Å²) in [5.41, 5.74) is 1.13. The van der Waals surface area contributed by atoms with Gasteiger partial charge < -0.3 is 5.11 Å². The lowest BCUT2D eigenvalue weighted by Gasteiger charge is -2.07. The molecule has 0 saturated heterocycles. The third-order valence-electron chi connectivity index (χ3n) is 3.93. The van der Waals surface area contributed by atoms with Crippen LogP contribution in [0.5, 0.6) is 5.75 Å². The molecule has 3 rings (SSSR count). The largest absolute Gasteiger partial charge is 0.507 e. The molecule has 0 aliphatic carbocycles. The van der Waals surface area contributed by atoms with E-state index in [0.717, 1.165) is 0 Å². The van der Waals surface area contributed by atoms with Gasteiger partial charge in [-0.15, -0.1) is 10.2 Å². The molecule has 0 heterocycles. The smallest absolute Gasteiger partial charge is 0.296 e. The van der Waals surface area contributed by atoms with Gasteiger partial charge in [0.25, 0.3) is 10.1 Å². The average Bonchev–Trinajstić information content (AvgIpc) is 2.61. The first kappa shape index (κ1) is 18.3. The number of hydrogen-bond acceptors (Lipinski definition) is 5. The molecule has 26 heavy (non-hydrogen) atoms. The van der Waals surface area contributed by atoms with Gasteiger partial charge in [0.1, 0.15) is 16.3 Å². The molecule has 0 radical (unpaired) electrons. The van der Waals surface area contributed by atoms with E-state index in [2.05, 4.69) is 10.2 Å². The zero-order chi connectivity index (χ0) is 18.9. The molecule has 0 bridgehead atoms. The van der Waals surface area contributed by atoms with E-state index in [1.165, 1.54) is 18.2 Å². The van der Waals surface area contributed by atoms with Gasteiger partial charge in [-0.25, -0.2) is 0 Å². The van der Waals surface area contributed by atoms with Crippen LogP contribution in [0, 0.1) is 0 Å². The number of rotatable bonds is 4. The highest BCUT2D eigenvalue weighted by atomic mass is 35.5. The highest BCUT2D eigenvalue weighted by molar-refractivity contribution is 7.86. The van der Waals surface area contributed by atoms with Crippen molar-refractivity contribution in [3.63, 3.8) is 0 Å². The number of phenols is 1. The maximum Gasteiger partial charge on any atom is 0.296 e. The Bertz CT molecular complexity index is 1130. The maximum atomic E-state index is 11.6. The fraction of sp³-hybridized carbons (Fsp3) is 0.111. The standard InChI is InChI=1S/C18H15ClN2O4S/c1-2-11-9-16(18(10-14(11)19)26(23,24)25)21-20-15-7-8-17(22)13-6-4-3-5-12(13)15/h3-10,22H,2H2,1H3,(H,23,24,25). The van der Waals surface area contributed by atoms with Crippen molar-refractivity contribution in [3.8, 4) is 5.75 Å². The second-order valence-electron chi connectivity index (χ2n) is 5.59. The Balaban J connectivity index is 2.16. The van der Waals surface area contributed by atoms with Crippen molar-refractivity contribution in [3.05, 3.63) is 59.1 Å². The minimum absolute atomic E-state index is 0.00842. The second kappa shape index (κ2) is 7.03. The van der Waals surface area contributed by atoms with E-state index in [4.69, 9.17) is 11.6 Å². The Morgan fingerprint density at radius 2 is 1.65 bits per heavy atom. The van der Waals surface area contributed by atoms with Gasteiger partial charge in [-0.3, -0.25) is 4.55 Å². The summed E-state index contributed by atoms with van der Waals surface area (Å²) in [6.07, 6.45) is 0.565. The van der Waals surface area contributed by atoms with Gasteiger partial charge >= 0.3 is 0 Å². The molecule has 0 aliphatic rings. The zero-order valence-corrected chi connectivity index (χ0v) is 15.3. The van der Waals surface area contributed by atoms with Crippen molar-refractivity contribution in [2.75, 3.05) is 0 Å². The summed E-state index contributed by atoms with van der Waals surface area (Å²) in [5.74, 6) is 0.109. The van der Waals surface area contributed by atoms with Gasteiger partial charge in [-0.05, 0) is 36.2 Å². The third-order valence-corrected chi connectivity index (χ3v) is 5.16. The Hall–Kier alpha value is -2.48. The predicted octanol–water partition coefficient (Wildman–Crippen LogP) is 5.42. The topological polar surface area (TPSA) is 99.3 Å². The first-order chi connectivity index (χ1) is 12.3. The maximum absolute atomic E-state index is 11.6. The average molecular weight is 391 g/mol. The lowest BCUT2D eigenvalue weighted by Crippen LogP contribution is -1.99. The van der Waals surface area contributed by atoms with Crippen LogP contribution in [0.2, 0.25) is 5.02 Å². The van der Waals surface area contributed by atoms with Gasteiger partial charge in [0.05, 0.1) is 5.69 Å². The van der Waals surface area contributed by atoms with E-state index in [9.17, 15) is 18.1 Å². The number of hydrogen-bond donors (Lipinski definition) is 2. The first-order valence-electron chi connectivity index (χ1n) is 7.73. The summed E-state index contributed by atoms with van der Waals surface area (Å²) < 4.78 is 32.7. The molecule has 0 fully saturated rings. The fourth-order valence-corrected chi connectivity index (χ4v) is 3.60. The quantitative estimate of drug-likeness (QED) is 0.458. The second-order valence-corrected chi connectivity index (χ2v) is 7.39. The van der Waals surface area contributed by atoms with Crippen LogP contribution < -0.4 is 0 Å². The number of phenolic OH excluding ortho intramolecular Hbond substituents is 1. The highest BCUT2D eigenvalue weighted by Crippen LogP contribution is 2.35. The lowest BCUT2D eigenvalue weighted by molar-refractivity contribution is 0.481. The third kappa shape index (κ3) is 3.55. The Kier molecular flexibility index (Phi) is 4.95. The molecule has 2 N–H and O–H groups in total. The van der Waals surface area contributed by atoms with Crippen LogP contribution in [0.25, 0.3) is 10.8 Å². The van der Waals surface area contributed by atoms with Crippen LogP contribution in [0.3, 0.4) is 0 Å². The van der Waals surface area contributed by atoms with E-state index in [-0.39, 0.29) is 16.5 Å². The molecule has 3 aromatic carbocycles. The molecular weight excluding hydrogens is 376 g/mol. The number of halogens is 1. The molecule has 0 amide bonds. The minimum Gasteiger partial charge on any atom is -0.507 e. The van der Waals surface area contributed by atoms with E-state index < -0.39 is 15.0 Å². The normalized spacial score (nSPS) is 12.1. The zero-order valence-electron chi connectivity index (χ0n) is 13.7. The van der Waals surface area contributed by atoms with Crippen molar-refractivity contribution in [2.45, 2.75) is 18.2 Å². The fourth-order valence-electron chi connectivity index (χ4n) is 2.60. The van der Waals surface area contributed by atoms with Crippen molar-refractivity contribution in [1.82, 2.24) is 0 Å². The Labute approximate surface area is 155 Å². The van der Waals surface area contributed by atoms with Crippen LogP contribution in [-0.2, 0) is 16.5 Å². The SMILES string of the molecule is CCc1cc(N=Nc2ccc(O)c3ccccc23)c(S(=O)(=O)O)cc1Cl. The molecule has 134 valence electrons. The summed E-state index contributed by atoms with van der Waals surface area (Å²) in [6.45, 7) is 1.86. The number of aryl methyl sites for hydroxylation is 1. The van der Waals surface area contributed by atoms with Gasteiger partial charge in [0.15, 0.2) is 0 Å². The molecule has 0 atom stereocenters. The number of nitrogens with zero attached hydrogens (tertiary/aromatic N) is 2. The van der Waals surface area contributed by atoms with Gasteiger partial charge in [-0.1, -0.05) is 42.8 Å². The van der Waals surface area contributed by atoms with E-state index in [0.29, 0.717) is 28.4 Å². The van der Waals surface area contributed by atoms with E-state index in [1.54, 1.807) is 30.3 Å². The lowest BCUT2D eigenvalue weighted by atomic mass is 10.1. The van der Waals surface area contributed by atoms with Crippen LogP contribution in [0.4, 0.5) is 11.4 Å². The summed E-state index contributed by atoms with van der Waals surface area (Å²) in [7, 11) is -4.51. The summed E-state index contributed by atoms with van der Waals surface area (Å²) in [5, 5.41) is 19.6. The van der Waals surface area contributed by atoms with Crippen molar-refractivity contribution in [2.24, 2.45) is 10.2 Å². The first-order valence-corrected chi connectivity index (χ1v) is 9.55. The van der Waals surface area contributed by atoms with Crippen molar-refractivity contribution < 1.29 is 18.1 Å². The summed E-state index contributed by atoms with van der Waals surface area (Å²) in [6, 6.07) is 12.8. The Morgan fingerprint density at radius 3 is 2.31 bits per heavy atom. The van der Waals surface area contributed by atoms with Crippen LogP contribution in [-0.4, -0.2) is 18.1 Å². The molecule has 0 saturated carbocycles. The van der Waals surface area contributed by atoms with Crippen molar-refractivity contribution >= 4 is 43.9 Å². The molecular formula is C18H15ClN2O4S. The van der Waals surface area contributed by atoms with Crippen LogP contribution in [0.15, 0.2) is 63.7 Å². The number of fused-ring (bicyclic) bond motifs is 1. The van der Waals surface area contributed by atoms with Crippen molar-refractivity contribution in [1.29, 1.82) is 0 Å². The number of aromatic hydroxyl groups is 1. The monoisotopic (exact) mass is 390 g/mol. The van der Waals surface area contributed by atoms with Gasteiger partial charge in [0, 0.05) is 15.8 Å². The number of azo groups is 1.